The number of hydrogen-bond acceptors (Lipinski definition) is 2. The SMILES string of the molecule is CCc1ccc(NC(=O)C(=O)NCC[NH+]2CC[NH+](Cc3ccccc3F)CC2)cc1. The van der Waals surface area contributed by atoms with Gasteiger partial charge in [0.2, 0.25) is 0 Å². The van der Waals surface area contributed by atoms with E-state index in [9.17, 15) is 14.0 Å². The van der Waals surface area contributed by atoms with Crippen molar-refractivity contribution in [3.63, 3.8) is 0 Å². The fourth-order valence-electron chi connectivity index (χ4n) is 3.74. The van der Waals surface area contributed by atoms with Crippen molar-refractivity contribution in [1.82, 2.24) is 5.32 Å². The van der Waals surface area contributed by atoms with Crippen molar-refractivity contribution in [1.29, 1.82) is 0 Å². The van der Waals surface area contributed by atoms with Crippen LogP contribution in [0.2, 0.25) is 0 Å². The topological polar surface area (TPSA) is 67.1 Å². The first-order chi connectivity index (χ1) is 14.5. The summed E-state index contributed by atoms with van der Waals surface area (Å²) in [5.41, 5.74) is 2.56. The van der Waals surface area contributed by atoms with Crippen molar-refractivity contribution in [2.45, 2.75) is 19.9 Å². The molecule has 3 rings (SSSR count). The molecule has 1 saturated heterocycles. The van der Waals surface area contributed by atoms with Gasteiger partial charge in [-0.25, -0.2) is 4.39 Å². The summed E-state index contributed by atoms with van der Waals surface area (Å²) < 4.78 is 13.8. The summed E-state index contributed by atoms with van der Waals surface area (Å²) in [6.45, 7) is 7.86. The molecule has 0 saturated carbocycles. The zero-order chi connectivity index (χ0) is 21.3. The molecular weight excluding hydrogens is 383 g/mol. The summed E-state index contributed by atoms with van der Waals surface area (Å²) in [7, 11) is 0. The van der Waals surface area contributed by atoms with Gasteiger partial charge in [-0.15, -0.1) is 0 Å². The van der Waals surface area contributed by atoms with E-state index in [0.717, 1.165) is 44.7 Å². The van der Waals surface area contributed by atoms with Crippen LogP contribution >= 0.6 is 0 Å². The Bertz CT molecular complexity index is 849. The summed E-state index contributed by atoms with van der Waals surface area (Å²) in [5.74, 6) is -1.40. The van der Waals surface area contributed by atoms with Crippen molar-refractivity contribution >= 4 is 17.5 Å². The Kier molecular flexibility index (Phi) is 7.93. The molecule has 2 amide bonds. The molecule has 0 spiro atoms. The molecule has 0 bridgehead atoms. The highest BCUT2D eigenvalue weighted by Gasteiger charge is 2.24. The number of anilines is 1. The van der Waals surface area contributed by atoms with Gasteiger partial charge in [-0.3, -0.25) is 9.59 Å². The number of amides is 2. The van der Waals surface area contributed by atoms with E-state index in [1.807, 2.05) is 24.3 Å². The van der Waals surface area contributed by atoms with Gasteiger partial charge >= 0.3 is 11.8 Å². The summed E-state index contributed by atoms with van der Waals surface area (Å²) >= 11 is 0. The third kappa shape index (κ3) is 6.37. The average Bonchev–Trinajstić information content (AvgIpc) is 2.77. The van der Waals surface area contributed by atoms with Gasteiger partial charge in [0.15, 0.2) is 0 Å². The van der Waals surface area contributed by atoms with Gasteiger partial charge < -0.3 is 20.4 Å². The van der Waals surface area contributed by atoms with Crippen LogP contribution in [0.1, 0.15) is 18.1 Å². The molecular formula is C23H31FN4O2+2. The Morgan fingerprint density at radius 1 is 0.933 bits per heavy atom. The fraction of sp³-hybridized carbons (Fsp3) is 0.391. The maximum absolute atomic E-state index is 13.8. The molecule has 0 radical (unpaired) electrons. The van der Waals surface area contributed by atoms with Gasteiger partial charge in [0.05, 0.1) is 13.1 Å². The number of aryl methyl sites for hydroxylation is 1. The molecule has 2 aromatic rings. The monoisotopic (exact) mass is 414 g/mol. The minimum atomic E-state index is -0.645. The highest BCUT2D eigenvalue weighted by atomic mass is 19.1. The Balaban J connectivity index is 1.33. The van der Waals surface area contributed by atoms with Gasteiger partial charge in [0.25, 0.3) is 0 Å². The number of hydrogen-bond donors (Lipinski definition) is 4. The lowest BCUT2D eigenvalue weighted by molar-refractivity contribution is -1.02. The molecule has 30 heavy (non-hydrogen) atoms. The molecule has 6 nitrogen and oxygen atoms in total. The first-order valence-corrected chi connectivity index (χ1v) is 10.6. The average molecular weight is 415 g/mol. The van der Waals surface area contributed by atoms with E-state index in [1.165, 1.54) is 21.4 Å². The lowest BCUT2D eigenvalue weighted by atomic mass is 10.1. The maximum atomic E-state index is 13.8. The zero-order valence-electron chi connectivity index (χ0n) is 17.5. The Labute approximate surface area is 177 Å². The number of carbonyl (C=O) groups is 2. The Morgan fingerprint density at radius 3 is 2.27 bits per heavy atom. The Morgan fingerprint density at radius 2 is 1.60 bits per heavy atom. The quantitative estimate of drug-likeness (QED) is 0.459. The molecule has 1 heterocycles. The van der Waals surface area contributed by atoms with Crippen LogP contribution in [0.25, 0.3) is 0 Å². The zero-order valence-corrected chi connectivity index (χ0v) is 17.5. The highest BCUT2D eigenvalue weighted by molar-refractivity contribution is 6.39. The van der Waals surface area contributed by atoms with Gasteiger partial charge in [-0.2, -0.15) is 0 Å². The molecule has 0 atom stereocenters. The molecule has 0 aliphatic carbocycles. The normalized spacial score (nSPS) is 18.6. The van der Waals surface area contributed by atoms with Crippen LogP contribution in [0.5, 0.6) is 0 Å². The van der Waals surface area contributed by atoms with E-state index in [2.05, 4.69) is 17.6 Å². The van der Waals surface area contributed by atoms with Gasteiger partial charge in [0, 0.05) is 11.3 Å². The van der Waals surface area contributed by atoms with Crippen LogP contribution in [0.3, 0.4) is 0 Å². The van der Waals surface area contributed by atoms with E-state index in [1.54, 1.807) is 18.2 Å². The van der Waals surface area contributed by atoms with Crippen LogP contribution in [-0.4, -0.2) is 51.1 Å². The number of carbonyl (C=O) groups excluding carboxylic acids is 2. The fourth-order valence-corrected chi connectivity index (χ4v) is 3.74. The highest BCUT2D eigenvalue weighted by Crippen LogP contribution is 2.09. The lowest BCUT2D eigenvalue weighted by Gasteiger charge is -2.29. The molecule has 1 aliphatic heterocycles. The summed E-state index contributed by atoms with van der Waals surface area (Å²) in [4.78, 5) is 26.8. The molecule has 1 aliphatic rings. The van der Waals surface area contributed by atoms with Crippen molar-refractivity contribution in [2.75, 3.05) is 44.6 Å². The molecule has 2 aromatic carbocycles. The second-order valence-electron chi connectivity index (χ2n) is 7.78. The van der Waals surface area contributed by atoms with Gasteiger partial charge in [0.1, 0.15) is 38.5 Å². The summed E-state index contributed by atoms with van der Waals surface area (Å²) in [6, 6.07) is 14.4. The summed E-state index contributed by atoms with van der Waals surface area (Å²) in [5, 5.41) is 5.33. The molecule has 7 heteroatoms. The van der Waals surface area contributed by atoms with E-state index in [-0.39, 0.29) is 5.82 Å². The molecule has 4 N–H and O–H groups in total. The first kappa shape index (κ1) is 21.9. The van der Waals surface area contributed by atoms with Crippen LogP contribution in [-0.2, 0) is 22.6 Å². The van der Waals surface area contributed by atoms with E-state index >= 15 is 0 Å². The van der Waals surface area contributed by atoms with Crippen molar-refractivity contribution in [3.8, 4) is 0 Å². The second kappa shape index (κ2) is 10.8. The van der Waals surface area contributed by atoms with E-state index in [4.69, 9.17) is 0 Å². The standard InChI is InChI=1S/C23H29FN4O2/c1-2-18-7-9-20(10-8-18)26-23(30)22(29)25-11-12-27-13-15-28(16-14-27)17-19-5-3-4-6-21(19)24/h3-10H,2,11-17H2,1H3,(H,25,29)(H,26,30)/p+2. The minimum Gasteiger partial charge on any atom is -0.342 e. The number of halogens is 1. The lowest BCUT2D eigenvalue weighted by Crippen LogP contribution is -3.27. The molecule has 160 valence electrons. The van der Waals surface area contributed by atoms with Crippen molar-refractivity contribution < 1.29 is 23.8 Å². The smallest absolute Gasteiger partial charge is 0.313 e. The minimum absolute atomic E-state index is 0.137. The number of quaternary nitrogens is 2. The predicted molar refractivity (Wildman–Crippen MR) is 114 cm³/mol. The number of piperazine rings is 1. The molecule has 1 fully saturated rings. The largest absolute Gasteiger partial charge is 0.342 e. The molecule has 0 unspecified atom stereocenters. The number of nitrogens with one attached hydrogen (secondary N) is 4. The molecule has 0 aromatic heterocycles. The summed E-state index contributed by atoms with van der Waals surface area (Å²) in [6.07, 6.45) is 0.927. The van der Waals surface area contributed by atoms with Crippen molar-refractivity contribution in [3.05, 3.63) is 65.5 Å². The van der Waals surface area contributed by atoms with Crippen LogP contribution in [0.4, 0.5) is 10.1 Å². The Hall–Kier alpha value is -2.77. The predicted octanol–water partition coefficient (Wildman–Crippen LogP) is -0.574. The van der Waals surface area contributed by atoms with Gasteiger partial charge in [-0.05, 0) is 30.2 Å². The third-order valence-corrected chi connectivity index (χ3v) is 5.65. The van der Waals surface area contributed by atoms with Crippen LogP contribution < -0.4 is 20.4 Å². The number of benzene rings is 2. The van der Waals surface area contributed by atoms with Crippen LogP contribution in [0, 0.1) is 5.82 Å². The van der Waals surface area contributed by atoms with Crippen LogP contribution in [0.15, 0.2) is 48.5 Å². The number of rotatable bonds is 7. The first-order valence-electron chi connectivity index (χ1n) is 10.6. The maximum Gasteiger partial charge on any atom is 0.313 e. The second-order valence-corrected chi connectivity index (χ2v) is 7.78. The van der Waals surface area contributed by atoms with E-state index in [0.29, 0.717) is 18.8 Å². The van der Waals surface area contributed by atoms with Crippen molar-refractivity contribution in [2.24, 2.45) is 0 Å². The van der Waals surface area contributed by atoms with E-state index < -0.39 is 11.8 Å². The third-order valence-electron chi connectivity index (χ3n) is 5.65. The van der Waals surface area contributed by atoms with Gasteiger partial charge in [-0.1, -0.05) is 37.3 Å².